The van der Waals surface area contributed by atoms with Crippen molar-refractivity contribution in [2.24, 2.45) is 0 Å². The van der Waals surface area contributed by atoms with Crippen LogP contribution in [0.15, 0.2) is 28.7 Å². The molecule has 0 aliphatic carbocycles. The summed E-state index contributed by atoms with van der Waals surface area (Å²) in [5.74, 6) is -0.452. The van der Waals surface area contributed by atoms with Crippen molar-refractivity contribution in [1.29, 1.82) is 0 Å². The molecule has 14 heavy (non-hydrogen) atoms. The molecule has 72 valence electrons. The van der Waals surface area contributed by atoms with Crippen molar-refractivity contribution in [3.05, 3.63) is 35.8 Å². The van der Waals surface area contributed by atoms with Gasteiger partial charge in [-0.15, -0.1) is 0 Å². The van der Waals surface area contributed by atoms with Gasteiger partial charge in [-0.1, -0.05) is 12.1 Å². The predicted octanol–water partition coefficient (Wildman–Crippen LogP) is 1.80. The summed E-state index contributed by atoms with van der Waals surface area (Å²) in [6.45, 7) is 0. The smallest absolute Gasteiger partial charge is 0.170 e. The summed E-state index contributed by atoms with van der Waals surface area (Å²) in [6, 6.07) is 5.87. The highest BCUT2D eigenvalue weighted by molar-refractivity contribution is 5.79. The molecule has 1 aromatic heterocycles. The molecule has 1 aromatic carbocycles. The minimum Gasteiger partial charge on any atom is -0.455 e. The fraction of sp³-hybridized carbons (Fsp3) is 0.100. The van der Waals surface area contributed by atoms with Crippen molar-refractivity contribution in [2.45, 2.75) is 6.10 Å². The zero-order chi connectivity index (χ0) is 10.1. The van der Waals surface area contributed by atoms with Crippen LogP contribution < -0.4 is 0 Å². The molecule has 1 unspecified atom stereocenters. The van der Waals surface area contributed by atoms with E-state index in [-0.39, 0.29) is 11.3 Å². The van der Waals surface area contributed by atoms with Crippen LogP contribution in [0.4, 0.5) is 4.39 Å². The van der Waals surface area contributed by atoms with Crippen molar-refractivity contribution >= 4 is 17.3 Å². The fourth-order valence-electron chi connectivity index (χ4n) is 1.26. The van der Waals surface area contributed by atoms with Gasteiger partial charge in [-0.25, -0.2) is 4.39 Å². The van der Waals surface area contributed by atoms with Crippen molar-refractivity contribution in [3.8, 4) is 0 Å². The topological polar surface area (TPSA) is 50.4 Å². The molecule has 0 bridgehead atoms. The number of aliphatic hydroxyl groups is 1. The van der Waals surface area contributed by atoms with E-state index in [4.69, 9.17) is 9.52 Å². The maximum Gasteiger partial charge on any atom is 0.170 e. The van der Waals surface area contributed by atoms with E-state index in [9.17, 15) is 9.18 Å². The molecule has 1 N–H and O–H groups in total. The Labute approximate surface area is 78.8 Å². The van der Waals surface area contributed by atoms with Crippen LogP contribution in [0.1, 0.15) is 11.9 Å². The Morgan fingerprint density at radius 3 is 2.93 bits per heavy atom. The largest absolute Gasteiger partial charge is 0.455 e. The van der Waals surface area contributed by atoms with Gasteiger partial charge in [0.05, 0.1) is 0 Å². The number of hydrogen-bond donors (Lipinski definition) is 1. The zero-order valence-corrected chi connectivity index (χ0v) is 7.11. The first-order valence-electron chi connectivity index (χ1n) is 4.03. The van der Waals surface area contributed by atoms with Gasteiger partial charge in [-0.3, -0.25) is 4.79 Å². The summed E-state index contributed by atoms with van der Waals surface area (Å²) in [5, 5.41) is 9.67. The lowest BCUT2D eigenvalue weighted by Crippen LogP contribution is -1.94. The molecule has 4 heteroatoms. The van der Waals surface area contributed by atoms with E-state index in [0.717, 1.165) is 0 Å². The summed E-state index contributed by atoms with van der Waals surface area (Å²) in [5.41, 5.74) is 0.0587. The Bertz CT molecular complexity index is 475. The average Bonchev–Trinajstić information content (AvgIpc) is 2.62. The molecule has 0 spiro atoms. The second-order valence-corrected chi connectivity index (χ2v) is 2.89. The number of benzene rings is 1. The second-order valence-electron chi connectivity index (χ2n) is 2.89. The minimum atomic E-state index is -1.33. The highest BCUT2D eigenvalue weighted by atomic mass is 19.1. The van der Waals surface area contributed by atoms with Crippen LogP contribution in [-0.2, 0) is 4.79 Å². The molecule has 0 saturated carbocycles. The predicted molar refractivity (Wildman–Crippen MR) is 47.2 cm³/mol. The van der Waals surface area contributed by atoms with Crippen molar-refractivity contribution in [3.63, 3.8) is 0 Å². The SMILES string of the molecule is O=CC(O)c1cc2cccc(F)c2o1. The van der Waals surface area contributed by atoms with Crippen LogP contribution in [-0.4, -0.2) is 11.4 Å². The van der Waals surface area contributed by atoms with E-state index in [0.29, 0.717) is 11.7 Å². The molecular formula is C10H7FO3. The summed E-state index contributed by atoms with van der Waals surface area (Å²) in [7, 11) is 0. The molecule has 2 aromatic rings. The molecule has 1 heterocycles. The molecule has 3 nitrogen and oxygen atoms in total. The lowest BCUT2D eigenvalue weighted by molar-refractivity contribution is -0.115. The van der Waals surface area contributed by atoms with Crippen molar-refractivity contribution in [2.75, 3.05) is 0 Å². The van der Waals surface area contributed by atoms with E-state index in [1.165, 1.54) is 18.2 Å². The molecule has 0 fully saturated rings. The van der Waals surface area contributed by atoms with Gasteiger partial charge in [0.2, 0.25) is 0 Å². The lowest BCUT2D eigenvalue weighted by atomic mass is 10.2. The van der Waals surface area contributed by atoms with Crippen LogP contribution in [0, 0.1) is 5.82 Å². The highest BCUT2D eigenvalue weighted by Crippen LogP contribution is 2.24. The average molecular weight is 194 g/mol. The quantitative estimate of drug-likeness (QED) is 0.741. The molecule has 0 amide bonds. The van der Waals surface area contributed by atoms with Crippen LogP contribution in [0.2, 0.25) is 0 Å². The fourth-order valence-corrected chi connectivity index (χ4v) is 1.26. The first-order chi connectivity index (χ1) is 6.72. The number of rotatable bonds is 2. The zero-order valence-electron chi connectivity index (χ0n) is 7.11. The van der Waals surface area contributed by atoms with Gasteiger partial charge in [-0.2, -0.15) is 0 Å². The summed E-state index contributed by atoms with van der Waals surface area (Å²) < 4.78 is 18.1. The van der Waals surface area contributed by atoms with E-state index in [2.05, 4.69) is 0 Å². The number of aldehydes is 1. The Balaban J connectivity index is 2.62. The van der Waals surface area contributed by atoms with Gasteiger partial charge in [0, 0.05) is 5.39 Å². The Hall–Kier alpha value is -1.68. The normalized spacial score (nSPS) is 13.0. The number of carbonyl (C=O) groups is 1. The number of carbonyl (C=O) groups excluding carboxylic acids is 1. The third-order valence-electron chi connectivity index (χ3n) is 1.94. The lowest BCUT2D eigenvalue weighted by Gasteiger charge is -1.94. The van der Waals surface area contributed by atoms with E-state index >= 15 is 0 Å². The molecule has 0 saturated heterocycles. The Morgan fingerprint density at radius 2 is 2.29 bits per heavy atom. The summed E-state index contributed by atoms with van der Waals surface area (Å²) in [6.07, 6.45) is -1.00. The second kappa shape index (κ2) is 3.23. The Morgan fingerprint density at radius 1 is 1.50 bits per heavy atom. The molecule has 2 rings (SSSR count). The number of furan rings is 1. The minimum absolute atomic E-state index is 0.0556. The van der Waals surface area contributed by atoms with Crippen LogP contribution >= 0.6 is 0 Å². The molecule has 1 atom stereocenters. The van der Waals surface area contributed by atoms with Gasteiger partial charge in [0.1, 0.15) is 5.76 Å². The number of halogens is 1. The number of aliphatic hydroxyl groups excluding tert-OH is 1. The van der Waals surface area contributed by atoms with E-state index < -0.39 is 11.9 Å². The maximum atomic E-state index is 13.1. The van der Waals surface area contributed by atoms with Crippen molar-refractivity contribution in [1.82, 2.24) is 0 Å². The van der Waals surface area contributed by atoms with Gasteiger partial charge >= 0.3 is 0 Å². The first kappa shape index (κ1) is 8.90. The van der Waals surface area contributed by atoms with Crippen LogP contribution in [0.5, 0.6) is 0 Å². The van der Waals surface area contributed by atoms with Crippen molar-refractivity contribution < 1.29 is 18.7 Å². The summed E-state index contributed by atoms with van der Waals surface area (Å²) in [4.78, 5) is 10.3. The number of hydrogen-bond acceptors (Lipinski definition) is 3. The number of para-hydroxylation sites is 1. The number of fused-ring (bicyclic) bond motifs is 1. The van der Waals surface area contributed by atoms with Gasteiger partial charge in [0.25, 0.3) is 0 Å². The van der Waals surface area contributed by atoms with Gasteiger partial charge in [0.15, 0.2) is 23.8 Å². The van der Waals surface area contributed by atoms with E-state index in [1.807, 2.05) is 0 Å². The summed E-state index contributed by atoms with van der Waals surface area (Å²) >= 11 is 0. The Kier molecular flexibility index (Phi) is 2.05. The first-order valence-corrected chi connectivity index (χ1v) is 4.03. The van der Waals surface area contributed by atoms with E-state index in [1.54, 1.807) is 6.07 Å². The third kappa shape index (κ3) is 1.29. The standard InChI is InChI=1S/C10H7FO3/c11-7-3-1-2-6-4-9(8(13)5-12)14-10(6)7/h1-5,8,13H. The highest BCUT2D eigenvalue weighted by Gasteiger charge is 2.13. The van der Waals surface area contributed by atoms with Gasteiger partial charge in [-0.05, 0) is 12.1 Å². The monoisotopic (exact) mass is 194 g/mol. The molecule has 0 radical (unpaired) electrons. The molecule has 0 aliphatic rings. The van der Waals surface area contributed by atoms with Crippen LogP contribution in [0.25, 0.3) is 11.0 Å². The molecule has 0 aliphatic heterocycles. The van der Waals surface area contributed by atoms with Crippen LogP contribution in [0.3, 0.4) is 0 Å². The maximum absolute atomic E-state index is 13.1. The third-order valence-corrected chi connectivity index (χ3v) is 1.94. The molecular weight excluding hydrogens is 187 g/mol. The van der Waals surface area contributed by atoms with Gasteiger partial charge < -0.3 is 9.52 Å².